The van der Waals surface area contributed by atoms with E-state index in [0.29, 0.717) is 37.1 Å². The molecule has 1 fully saturated rings. The van der Waals surface area contributed by atoms with E-state index in [-0.39, 0.29) is 6.10 Å². The molecule has 1 saturated heterocycles. The number of benzene rings is 2. The Bertz CT molecular complexity index is 664. The van der Waals surface area contributed by atoms with Crippen molar-refractivity contribution in [2.75, 3.05) is 13.2 Å². The van der Waals surface area contributed by atoms with Crippen LogP contribution in [0.5, 0.6) is 17.2 Å². The Kier molecular flexibility index (Phi) is 4.78. The minimum absolute atomic E-state index is 0.134. The zero-order chi connectivity index (χ0) is 16.1. The minimum atomic E-state index is -0.405. The van der Waals surface area contributed by atoms with E-state index in [1.165, 1.54) is 6.92 Å². The van der Waals surface area contributed by atoms with Crippen molar-refractivity contribution in [2.45, 2.75) is 19.6 Å². The van der Waals surface area contributed by atoms with Crippen LogP contribution < -0.4 is 14.2 Å². The largest absolute Gasteiger partial charge is 0.489 e. The fraction of sp³-hybridized carbons (Fsp3) is 0.278. The first-order valence-electron chi connectivity index (χ1n) is 7.44. The molecule has 0 N–H and O–H groups in total. The number of epoxide rings is 1. The third kappa shape index (κ3) is 4.72. The van der Waals surface area contributed by atoms with Crippen LogP contribution in [0.15, 0.2) is 48.5 Å². The lowest BCUT2D eigenvalue weighted by Gasteiger charge is -2.12. The van der Waals surface area contributed by atoms with E-state index in [1.807, 2.05) is 30.3 Å². The monoisotopic (exact) mass is 314 g/mol. The quantitative estimate of drug-likeness (QED) is 0.447. The Morgan fingerprint density at radius 3 is 2.61 bits per heavy atom. The van der Waals surface area contributed by atoms with Crippen LogP contribution in [-0.4, -0.2) is 25.3 Å². The van der Waals surface area contributed by atoms with Gasteiger partial charge in [-0.1, -0.05) is 30.3 Å². The van der Waals surface area contributed by atoms with Crippen LogP contribution in [0.2, 0.25) is 0 Å². The van der Waals surface area contributed by atoms with Crippen molar-refractivity contribution in [2.24, 2.45) is 0 Å². The average molecular weight is 314 g/mol. The van der Waals surface area contributed by atoms with Crippen molar-refractivity contribution in [1.29, 1.82) is 0 Å². The number of carbonyl (C=O) groups excluding carboxylic acids is 1. The summed E-state index contributed by atoms with van der Waals surface area (Å²) in [5.41, 5.74) is 1.06. The average Bonchev–Trinajstić information content (AvgIpc) is 3.37. The van der Waals surface area contributed by atoms with Gasteiger partial charge in [0, 0.05) is 13.0 Å². The molecule has 0 unspecified atom stereocenters. The van der Waals surface area contributed by atoms with E-state index in [1.54, 1.807) is 18.2 Å². The maximum atomic E-state index is 11.3. The number of ether oxygens (including phenoxy) is 4. The van der Waals surface area contributed by atoms with Crippen LogP contribution in [0.25, 0.3) is 0 Å². The van der Waals surface area contributed by atoms with Crippen molar-refractivity contribution < 1.29 is 23.7 Å². The van der Waals surface area contributed by atoms with Gasteiger partial charge in [0.25, 0.3) is 0 Å². The zero-order valence-electron chi connectivity index (χ0n) is 12.9. The first-order valence-corrected chi connectivity index (χ1v) is 7.44. The highest BCUT2D eigenvalue weighted by molar-refractivity contribution is 5.70. The summed E-state index contributed by atoms with van der Waals surface area (Å²) in [5.74, 6) is 1.06. The molecule has 0 aliphatic carbocycles. The molecule has 1 aliphatic heterocycles. The van der Waals surface area contributed by atoms with Gasteiger partial charge in [-0.2, -0.15) is 0 Å². The van der Waals surface area contributed by atoms with Crippen molar-refractivity contribution in [1.82, 2.24) is 0 Å². The first kappa shape index (κ1) is 15.4. The van der Waals surface area contributed by atoms with Crippen LogP contribution in [0.3, 0.4) is 0 Å². The highest BCUT2D eigenvalue weighted by Gasteiger charge is 2.24. The molecule has 0 bridgehead atoms. The molecular formula is C18H18O5. The summed E-state index contributed by atoms with van der Waals surface area (Å²) in [4.78, 5) is 11.3. The van der Waals surface area contributed by atoms with E-state index in [2.05, 4.69) is 0 Å². The fourth-order valence-electron chi connectivity index (χ4n) is 2.02. The van der Waals surface area contributed by atoms with E-state index >= 15 is 0 Å². The molecule has 3 rings (SSSR count). The van der Waals surface area contributed by atoms with E-state index in [4.69, 9.17) is 18.9 Å². The summed E-state index contributed by atoms with van der Waals surface area (Å²) in [6, 6.07) is 15.0. The molecule has 1 heterocycles. The van der Waals surface area contributed by atoms with Gasteiger partial charge < -0.3 is 18.9 Å². The second-order valence-electron chi connectivity index (χ2n) is 5.24. The van der Waals surface area contributed by atoms with Gasteiger partial charge >= 0.3 is 5.97 Å². The molecule has 120 valence electrons. The van der Waals surface area contributed by atoms with Crippen LogP contribution in [0.4, 0.5) is 0 Å². The second-order valence-corrected chi connectivity index (χ2v) is 5.24. The highest BCUT2D eigenvalue weighted by Crippen LogP contribution is 2.32. The smallest absolute Gasteiger partial charge is 0.308 e. The predicted molar refractivity (Wildman–Crippen MR) is 83.8 cm³/mol. The normalized spacial score (nSPS) is 15.8. The second kappa shape index (κ2) is 7.15. The lowest BCUT2D eigenvalue weighted by atomic mass is 10.2. The number of hydrogen-bond acceptors (Lipinski definition) is 5. The Labute approximate surface area is 134 Å². The summed E-state index contributed by atoms with van der Waals surface area (Å²) in [6.07, 6.45) is 0.134. The van der Waals surface area contributed by atoms with Crippen molar-refractivity contribution in [3.63, 3.8) is 0 Å². The highest BCUT2D eigenvalue weighted by atomic mass is 16.6. The topological polar surface area (TPSA) is 57.3 Å². The van der Waals surface area contributed by atoms with Crippen LogP contribution in [0, 0.1) is 0 Å². The molecular weight excluding hydrogens is 296 g/mol. The molecule has 2 aromatic rings. The molecule has 1 atom stereocenters. The molecule has 0 amide bonds. The van der Waals surface area contributed by atoms with Crippen molar-refractivity contribution >= 4 is 5.97 Å². The van der Waals surface area contributed by atoms with Gasteiger partial charge in [0.15, 0.2) is 11.5 Å². The van der Waals surface area contributed by atoms with Gasteiger partial charge in [0.05, 0.1) is 6.61 Å². The Morgan fingerprint density at radius 1 is 1.13 bits per heavy atom. The van der Waals surface area contributed by atoms with Gasteiger partial charge in [-0.3, -0.25) is 4.79 Å². The van der Waals surface area contributed by atoms with Crippen LogP contribution in [-0.2, 0) is 16.1 Å². The molecule has 5 nitrogen and oxygen atoms in total. The molecule has 0 radical (unpaired) electrons. The zero-order valence-corrected chi connectivity index (χ0v) is 12.9. The van der Waals surface area contributed by atoms with Gasteiger partial charge in [0.2, 0.25) is 0 Å². The lowest BCUT2D eigenvalue weighted by Crippen LogP contribution is -2.08. The maximum absolute atomic E-state index is 11.3. The number of rotatable bonds is 7. The van der Waals surface area contributed by atoms with Gasteiger partial charge in [-0.05, 0) is 17.7 Å². The van der Waals surface area contributed by atoms with Crippen LogP contribution in [0.1, 0.15) is 12.5 Å². The van der Waals surface area contributed by atoms with Gasteiger partial charge in [0.1, 0.15) is 25.1 Å². The third-order valence-corrected chi connectivity index (χ3v) is 3.24. The first-order chi connectivity index (χ1) is 11.2. The summed E-state index contributed by atoms with van der Waals surface area (Å²) in [6.45, 7) is 2.95. The summed E-state index contributed by atoms with van der Waals surface area (Å²) in [5, 5.41) is 0. The third-order valence-electron chi connectivity index (χ3n) is 3.24. The molecule has 2 aromatic carbocycles. The van der Waals surface area contributed by atoms with E-state index in [9.17, 15) is 4.79 Å². The predicted octanol–water partition coefficient (Wildman–Crippen LogP) is 2.97. The van der Waals surface area contributed by atoms with Gasteiger partial charge in [-0.15, -0.1) is 0 Å². The van der Waals surface area contributed by atoms with E-state index < -0.39 is 5.97 Å². The van der Waals surface area contributed by atoms with E-state index in [0.717, 1.165) is 5.56 Å². The summed E-state index contributed by atoms with van der Waals surface area (Å²) in [7, 11) is 0. The molecule has 0 saturated carbocycles. The lowest BCUT2D eigenvalue weighted by molar-refractivity contribution is -0.132. The molecule has 23 heavy (non-hydrogen) atoms. The van der Waals surface area contributed by atoms with Gasteiger partial charge in [-0.25, -0.2) is 0 Å². The fourth-order valence-corrected chi connectivity index (χ4v) is 2.02. The molecule has 0 aromatic heterocycles. The standard InChI is InChI=1S/C18H18O5/c1-13(19)23-18-9-15(20-10-14-5-3-2-4-6-14)7-8-17(18)22-12-16-11-21-16/h2-9,16H,10-12H2,1H3/t16-/m0/s1. The summed E-state index contributed by atoms with van der Waals surface area (Å²) >= 11 is 0. The van der Waals surface area contributed by atoms with Crippen molar-refractivity contribution in [3.8, 4) is 17.2 Å². The summed E-state index contributed by atoms with van der Waals surface area (Å²) < 4.78 is 21.7. The molecule has 5 heteroatoms. The number of esters is 1. The van der Waals surface area contributed by atoms with Crippen LogP contribution >= 0.6 is 0 Å². The number of hydrogen-bond donors (Lipinski definition) is 0. The Morgan fingerprint density at radius 2 is 1.91 bits per heavy atom. The minimum Gasteiger partial charge on any atom is -0.489 e. The molecule has 1 aliphatic rings. The Hall–Kier alpha value is -2.53. The molecule has 0 spiro atoms. The maximum Gasteiger partial charge on any atom is 0.308 e. The number of carbonyl (C=O) groups is 1. The van der Waals surface area contributed by atoms with Crippen molar-refractivity contribution in [3.05, 3.63) is 54.1 Å². The Balaban J connectivity index is 1.68. The SMILES string of the molecule is CC(=O)Oc1cc(OCc2ccccc2)ccc1OC[C@@H]1CO1.